The van der Waals surface area contributed by atoms with E-state index in [9.17, 15) is 14.4 Å². The molecule has 0 aliphatic carbocycles. The van der Waals surface area contributed by atoms with Crippen LogP contribution < -0.4 is 0 Å². The molecule has 6 heteroatoms. The molecule has 0 aliphatic rings. The maximum Gasteiger partial charge on any atom is 0.306 e. The lowest BCUT2D eigenvalue weighted by molar-refractivity contribution is -0.167. The monoisotopic (exact) mass is 1110 g/mol. The van der Waals surface area contributed by atoms with E-state index < -0.39 is 6.10 Å². The fraction of sp³-hybridized carbons (Fsp3) is 0.849. The third kappa shape index (κ3) is 66.1. The molecule has 6 nitrogen and oxygen atoms in total. The van der Waals surface area contributed by atoms with E-state index in [4.69, 9.17) is 14.2 Å². The van der Waals surface area contributed by atoms with Crippen molar-refractivity contribution in [1.82, 2.24) is 0 Å². The maximum absolute atomic E-state index is 12.9. The van der Waals surface area contributed by atoms with Crippen LogP contribution in [0, 0.1) is 0 Å². The summed E-state index contributed by atoms with van der Waals surface area (Å²) in [4.78, 5) is 38.4. The standard InChI is InChI=1S/C73H134O6/c1-4-7-10-13-16-19-22-25-27-29-31-32-33-34-35-36-37-38-39-40-42-43-45-48-51-54-57-60-63-66-72(75)78-69-70(68-77-71(74)65-62-59-56-53-50-47-24-21-18-15-12-9-6-3)79-73(76)67-64-61-58-55-52-49-46-44-41-30-28-26-23-20-17-14-11-8-5-2/h9,12,18,21,26,28,47,50,70H,4-8,10-11,13-17,19-20,22-25,27,29-46,48-49,51-69H2,1-3H3/b12-9-,21-18-,28-26-,50-47-. The summed E-state index contributed by atoms with van der Waals surface area (Å²) in [5.74, 6) is -0.889. The second kappa shape index (κ2) is 67.9. The highest BCUT2D eigenvalue weighted by atomic mass is 16.6. The van der Waals surface area contributed by atoms with Crippen molar-refractivity contribution in [2.24, 2.45) is 0 Å². The van der Waals surface area contributed by atoms with Crippen molar-refractivity contribution >= 4 is 17.9 Å². The first kappa shape index (κ1) is 76.4. The van der Waals surface area contributed by atoms with Gasteiger partial charge in [-0.3, -0.25) is 14.4 Å². The van der Waals surface area contributed by atoms with Gasteiger partial charge >= 0.3 is 17.9 Å². The largest absolute Gasteiger partial charge is 0.462 e. The normalized spacial score (nSPS) is 12.3. The predicted octanol–water partition coefficient (Wildman–Crippen LogP) is 24.1. The number of hydrogen-bond donors (Lipinski definition) is 0. The van der Waals surface area contributed by atoms with Gasteiger partial charge in [0.15, 0.2) is 6.10 Å². The average Bonchev–Trinajstić information content (AvgIpc) is 3.45. The van der Waals surface area contributed by atoms with Gasteiger partial charge in [-0.1, -0.05) is 333 Å². The molecule has 0 aromatic carbocycles. The quantitative estimate of drug-likeness (QED) is 0.0261. The lowest BCUT2D eigenvalue weighted by Crippen LogP contribution is -2.30. The Bertz CT molecular complexity index is 1360. The predicted molar refractivity (Wildman–Crippen MR) is 344 cm³/mol. The van der Waals surface area contributed by atoms with Crippen molar-refractivity contribution in [2.75, 3.05) is 13.2 Å². The van der Waals surface area contributed by atoms with Crippen LogP contribution >= 0.6 is 0 Å². The molecule has 462 valence electrons. The Kier molecular flexibility index (Phi) is 65.6. The molecule has 0 heterocycles. The summed E-state index contributed by atoms with van der Waals surface area (Å²) in [6.45, 7) is 6.56. The second-order valence-electron chi connectivity index (χ2n) is 23.8. The van der Waals surface area contributed by atoms with Crippen LogP contribution in [0.15, 0.2) is 48.6 Å². The van der Waals surface area contributed by atoms with Gasteiger partial charge in [0.2, 0.25) is 0 Å². The molecule has 0 rings (SSSR count). The number of esters is 3. The molecule has 0 saturated carbocycles. The molecule has 0 spiro atoms. The third-order valence-electron chi connectivity index (χ3n) is 15.8. The van der Waals surface area contributed by atoms with E-state index in [1.54, 1.807) is 0 Å². The smallest absolute Gasteiger partial charge is 0.306 e. The second-order valence-corrected chi connectivity index (χ2v) is 23.8. The van der Waals surface area contributed by atoms with Gasteiger partial charge in [0.05, 0.1) is 0 Å². The Balaban J connectivity index is 4.19. The van der Waals surface area contributed by atoms with E-state index in [2.05, 4.69) is 69.4 Å². The molecule has 0 fully saturated rings. The highest BCUT2D eigenvalue weighted by Gasteiger charge is 2.19. The Morgan fingerprint density at radius 3 is 0.797 bits per heavy atom. The number of ether oxygens (including phenoxy) is 3. The van der Waals surface area contributed by atoms with Crippen LogP contribution in [-0.2, 0) is 28.6 Å². The Hall–Kier alpha value is -2.63. The molecule has 79 heavy (non-hydrogen) atoms. The Morgan fingerprint density at radius 2 is 0.494 bits per heavy atom. The highest BCUT2D eigenvalue weighted by Crippen LogP contribution is 2.18. The number of rotatable bonds is 65. The van der Waals surface area contributed by atoms with Gasteiger partial charge in [-0.25, -0.2) is 0 Å². The molecule has 0 saturated heterocycles. The van der Waals surface area contributed by atoms with Gasteiger partial charge in [0.25, 0.3) is 0 Å². The molecule has 1 unspecified atom stereocenters. The maximum atomic E-state index is 12.9. The van der Waals surface area contributed by atoms with Crippen LogP contribution in [0.2, 0.25) is 0 Å². The summed E-state index contributed by atoms with van der Waals surface area (Å²) >= 11 is 0. The summed E-state index contributed by atoms with van der Waals surface area (Å²) in [5, 5.41) is 0. The molecule has 0 radical (unpaired) electrons. The molecule has 0 aromatic rings. The van der Waals surface area contributed by atoms with Crippen molar-refractivity contribution in [1.29, 1.82) is 0 Å². The molecule has 0 bridgehead atoms. The van der Waals surface area contributed by atoms with Crippen LogP contribution in [0.3, 0.4) is 0 Å². The minimum absolute atomic E-state index is 0.0795. The first-order valence-corrected chi connectivity index (χ1v) is 35.1. The first-order valence-electron chi connectivity index (χ1n) is 35.1. The van der Waals surface area contributed by atoms with Gasteiger partial charge < -0.3 is 14.2 Å². The summed E-state index contributed by atoms with van der Waals surface area (Å²) in [7, 11) is 0. The average molecular weight is 1110 g/mol. The number of carbonyl (C=O) groups is 3. The van der Waals surface area contributed by atoms with E-state index >= 15 is 0 Å². The highest BCUT2D eigenvalue weighted by molar-refractivity contribution is 5.71. The molecular weight excluding hydrogens is 973 g/mol. The van der Waals surface area contributed by atoms with Crippen molar-refractivity contribution in [3.63, 3.8) is 0 Å². The van der Waals surface area contributed by atoms with E-state index in [1.165, 1.54) is 257 Å². The zero-order chi connectivity index (χ0) is 57.1. The summed E-state index contributed by atoms with van der Waals surface area (Å²) in [6, 6.07) is 0. The first-order chi connectivity index (χ1) is 39.0. The molecule has 0 aliphatic heterocycles. The Labute approximate surface area is 492 Å². The van der Waals surface area contributed by atoms with Gasteiger partial charge in [-0.2, -0.15) is 0 Å². The van der Waals surface area contributed by atoms with Crippen molar-refractivity contribution in [3.8, 4) is 0 Å². The van der Waals surface area contributed by atoms with Gasteiger partial charge in [0, 0.05) is 19.3 Å². The molecule has 0 N–H and O–H groups in total. The number of unbranched alkanes of at least 4 members (excludes halogenated alkanes) is 46. The third-order valence-corrected chi connectivity index (χ3v) is 15.8. The van der Waals surface area contributed by atoms with Crippen LogP contribution in [0.25, 0.3) is 0 Å². The number of hydrogen-bond acceptors (Lipinski definition) is 6. The van der Waals surface area contributed by atoms with E-state index in [0.717, 1.165) is 83.5 Å². The molecular formula is C73H134O6. The molecule has 0 aromatic heterocycles. The van der Waals surface area contributed by atoms with Crippen LogP contribution in [0.5, 0.6) is 0 Å². The fourth-order valence-corrected chi connectivity index (χ4v) is 10.6. The molecule has 1 atom stereocenters. The lowest BCUT2D eigenvalue weighted by atomic mass is 10.0. The van der Waals surface area contributed by atoms with Crippen molar-refractivity contribution in [2.45, 2.75) is 386 Å². The number of carbonyl (C=O) groups excluding carboxylic acids is 3. The van der Waals surface area contributed by atoms with Gasteiger partial charge in [0.1, 0.15) is 13.2 Å². The van der Waals surface area contributed by atoms with Gasteiger partial charge in [-0.15, -0.1) is 0 Å². The van der Waals surface area contributed by atoms with E-state index in [0.29, 0.717) is 19.3 Å². The summed E-state index contributed by atoms with van der Waals surface area (Å²) in [6.07, 6.45) is 85.9. The van der Waals surface area contributed by atoms with E-state index in [-0.39, 0.29) is 31.1 Å². The van der Waals surface area contributed by atoms with Crippen LogP contribution in [-0.4, -0.2) is 37.2 Å². The lowest BCUT2D eigenvalue weighted by Gasteiger charge is -2.18. The zero-order valence-corrected chi connectivity index (χ0v) is 53.2. The summed E-state index contributed by atoms with van der Waals surface area (Å²) in [5.41, 5.74) is 0. The van der Waals surface area contributed by atoms with Crippen molar-refractivity contribution < 1.29 is 28.6 Å². The minimum atomic E-state index is -0.786. The summed E-state index contributed by atoms with van der Waals surface area (Å²) < 4.78 is 16.9. The van der Waals surface area contributed by atoms with Gasteiger partial charge in [-0.05, 0) is 77.0 Å². The zero-order valence-electron chi connectivity index (χ0n) is 53.2. The SMILES string of the molecule is CC/C=C\C/C=C\C/C=C\CCCCCC(=O)OCC(COC(=O)CCCCCCCCCCCCCCCCCCCCCCCCCCCCCCC)OC(=O)CCCCCCCCCCC/C=C\CCCCCCCC. The Morgan fingerprint density at radius 1 is 0.266 bits per heavy atom. The minimum Gasteiger partial charge on any atom is -0.462 e. The fourth-order valence-electron chi connectivity index (χ4n) is 10.6. The van der Waals surface area contributed by atoms with Crippen molar-refractivity contribution in [3.05, 3.63) is 48.6 Å². The van der Waals surface area contributed by atoms with E-state index in [1.807, 2.05) is 0 Å². The number of allylic oxidation sites excluding steroid dienone is 8. The van der Waals surface area contributed by atoms with Crippen LogP contribution in [0.1, 0.15) is 380 Å². The molecule has 0 amide bonds. The van der Waals surface area contributed by atoms with Crippen LogP contribution in [0.4, 0.5) is 0 Å². The topological polar surface area (TPSA) is 78.9 Å².